The summed E-state index contributed by atoms with van der Waals surface area (Å²) in [5.41, 5.74) is -0.969. The van der Waals surface area contributed by atoms with Crippen LogP contribution in [0.2, 0.25) is 0 Å². The summed E-state index contributed by atoms with van der Waals surface area (Å²) in [6, 6.07) is 9.31. The maximum absolute atomic E-state index is 10.7. The molecular weight excluding hydrogens is 246 g/mol. The lowest BCUT2D eigenvalue weighted by atomic mass is 9.94. The van der Waals surface area contributed by atoms with Crippen LogP contribution < -0.4 is 4.74 Å². The molecule has 1 aliphatic heterocycles. The predicted octanol–water partition coefficient (Wildman–Crippen LogP) is 0.977. The fourth-order valence-electron chi connectivity index (χ4n) is 2.38. The molecule has 0 bridgehead atoms. The molecule has 5 heteroatoms. The Morgan fingerprint density at radius 1 is 1.37 bits per heavy atom. The standard InChI is InChI=1S/C14H19NO4/c16-13(17)9-15-8-4-7-14(18,10-15)11-19-12-5-2-1-3-6-12/h1-3,5-6,18H,4,7-11H2,(H,16,17)/t14-/m0/s1. The van der Waals surface area contributed by atoms with Crippen molar-refractivity contribution in [3.05, 3.63) is 30.3 Å². The van der Waals surface area contributed by atoms with Crippen molar-refractivity contribution in [2.75, 3.05) is 26.2 Å². The molecule has 0 radical (unpaired) electrons. The fourth-order valence-corrected chi connectivity index (χ4v) is 2.38. The molecule has 2 N–H and O–H groups in total. The van der Waals surface area contributed by atoms with E-state index in [9.17, 15) is 9.90 Å². The Morgan fingerprint density at radius 2 is 2.11 bits per heavy atom. The number of benzene rings is 1. The summed E-state index contributed by atoms with van der Waals surface area (Å²) in [5, 5.41) is 19.2. The number of carboxylic acid groups (broad SMARTS) is 1. The minimum Gasteiger partial charge on any atom is -0.491 e. The molecular formula is C14H19NO4. The third kappa shape index (κ3) is 4.22. The number of aliphatic hydroxyl groups is 1. The van der Waals surface area contributed by atoms with E-state index in [2.05, 4.69) is 0 Å². The number of β-amino-alcohol motifs (C(OH)–C–C–N with tert-alkyl or cyclic N) is 1. The van der Waals surface area contributed by atoms with Gasteiger partial charge in [0.2, 0.25) is 0 Å². The topological polar surface area (TPSA) is 70.0 Å². The first kappa shape index (κ1) is 13.8. The Labute approximate surface area is 112 Å². The van der Waals surface area contributed by atoms with Gasteiger partial charge in [0.25, 0.3) is 0 Å². The Kier molecular flexibility index (Phi) is 4.39. The van der Waals surface area contributed by atoms with E-state index in [4.69, 9.17) is 9.84 Å². The zero-order chi connectivity index (χ0) is 13.7. The number of rotatable bonds is 5. The van der Waals surface area contributed by atoms with Crippen LogP contribution in [0.3, 0.4) is 0 Å². The summed E-state index contributed by atoms with van der Waals surface area (Å²) in [6.07, 6.45) is 1.41. The van der Waals surface area contributed by atoms with Crippen molar-refractivity contribution in [2.24, 2.45) is 0 Å². The molecule has 0 unspecified atom stereocenters. The van der Waals surface area contributed by atoms with Crippen LogP contribution in [0.1, 0.15) is 12.8 Å². The van der Waals surface area contributed by atoms with Crippen LogP contribution >= 0.6 is 0 Å². The molecule has 1 aromatic rings. The quantitative estimate of drug-likeness (QED) is 0.830. The molecule has 104 valence electrons. The third-order valence-electron chi connectivity index (χ3n) is 3.24. The monoisotopic (exact) mass is 265 g/mol. The first-order valence-electron chi connectivity index (χ1n) is 6.42. The van der Waals surface area contributed by atoms with E-state index >= 15 is 0 Å². The SMILES string of the molecule is O=C(O)CN1CCC[C@@](O)(COc2ccccc2)C1. The van der Waals surface area contributed by atoms with E-state index in [1.54, 1.807) is 4.90 Å². The average molecular weight is 265 g/mol. The zero-order valence-electron chi connectivity index (χ0n) is 10.8. The van der Waals surface area contributed by atoms with E-state index in [1.165, 1.54) is 0 Å². The van der Waals surface area contributed by atoms with Crippen LogP contribution in [0.15, 0.2) is 30.3 Å². The Hall–Kier alpha value is -1.59. The molecule has 0 aromatic heterocycles. The normalized spacial score (nSPS) is 24.1. The molecule has 0 amide bonds. The second kappa shape index (κ2) is 6.04. The highest BCUT2D eigenvalue weighted by molar-refractivity contribution is 5.69. The number of ether oxygens (including phenoxy) is 1. The summed E-state index contributed by atoms with van der Waals surface area (Å²) in [6.45, 7) is 1.20. The lowest BCUT2D eigenvalue weighted by molar-refractivity contribution is -0.140. The molecule has 1 heterocycles. The van der Waals surface area contributed by atoms with Crippen molar-refractivity contribution in [3.63, 3.8) is 0 Å². The van der Waals surface area contributed by atoms with Crippen LogP contribution in [0, 0.1) is 0 Å². The average Bonchev–Trinajstić information content (AvgIpc) is 2.37. The first-order chi connectivity index (χ1) is 9.07. The number of para-hydroxylation sites is 1. The van der Waals surface area contributed by atoms with Crippen molar-refractivity contribution in [2.45, 2.75) is 18.4 Å². The Balaban J connectivity index is 1.89. The van der Waals surface area contributed by atoms with E-state index in [0.29, 0.717) is 25.3 Å². The molecule has 1 fully saturated rings. The van der Waals surface area contributed by atoms with E-state index in [-0.39, 0.29) is 13.2 Å². The maximum atomic E-state index is 10.7. The summed E-state index contributed by atoms with van der Waals surface area (Å²) < 4.78 is 5.58. The lowest BCUT2D eigenvalue weighted by Gasteiger charge is -2.38. The van der Waals surface area contributed by atoms with Crippen LogP contribution in [0.4, 0.5) is 0 Å². The molecule has 2 rings (SSSR count). The second-order valence-electron chi connectivity index (χ2n) is 5.03. The molecule has 0 aliphatic carbocycles. The maximum Gasteiger partial charge on any atom is 0.317 e. The summed E-state index contributed by atoms with van der Waals surface area (Å²) in [5.74, 6) is -0.153. The first-order valence-corrected chi connectivity index (χ1v) is 6.42. The van der Waals surface area contributed by atoms with Crippen LogP contribution in [-0.2, 0) is 4.79 Å². The molecule has 1 saturated heterocycles. The highest BCUT2D eigenvalue weighted by Gasteiger charge is 2.34. The minimum absolute atomic E-state index is 0.0341. The number of carbonyl (C=O) groups is 1. The van der Waals surface area contributed by atoms with Crippen molar-refractivity contribution in [3.8, 4) is 5.75 Å². The third-order valence-corrected chi connectivity index (χ3v) is 3.24. The van der Waals surface area contributed by atoms with Gasteiger partial charge in [0.15, 0.2) is 0 Å². The lowest BCUT2D eigenvalue weighted by Crippen LogP contribution is -2.52. The molecule has 1 aromatic carbocycles. The summed E-state index contributed by atoms with van der Waals surface area (Å²) >= 11 is 0. The Bertz CT molecular complexity index is 423. The van der Waals surface area contributed by atoms with Gasteiger partial charge in [-0.05, 0) is 31.5 Å². The molecule has 1 aliphatic rings. The van der Waals surface area contributed by atoms with Gasteiger partial charge in [-0.2, -0.15) is 0 Å². The van der Waals surface area contributed by atoms with Crippen molar-refractivity contribution >= 4 is 5.97 Å². The summed E-state index contributed by atoms with van der Waals surface area (Å²) in [4.78, 5) is 12.5. The number of hydrogen-bond acceptors (Lipinski definition) is 4. The zero-order valence-corrected chi connectivity index (χ0v) is 10.8. The van der Waals surface area contributed by atoms with Crippen LogP contribution in [0.5, 0.6) is 5.75 Å². The van der Waals surface area contributed by atoms with Crippen molar-refractivity contribution < 1.29 is 19.7 Å². The van der Waals surface area contributed by atoms with Gasteiger partial charge in [0.1, 0.15) is 18.0 Å². The van der Waals surface area contributed by atoms with Gasteiger partial charge in [-0.1, -0.05) is 18.2 Å². The van der Waals surface area contributed by atoms with Gasteiger partial charge in [-0.15, -0.1) is 0 Å². The number of piperidine rings is 1. The number of hydrogen-bond donors (Lipinski definition) is 2. The molecule has 0 saturated carbocycles. The number of aliphatic carboxylic acids is 1. The summed E-state index contributed by atoms with van der Waals surface area (Å²) in [7, 11) is 0. The van der Waals surface area contributed by atoms with Gasteiger partial charge in [0.05, 0.1) is 6.54 Å². The molecule has 0 spiro atoms. The smallest absolute Gasteiger partial charge is 0.317 e. The highest BCUT2D eigenvalue weighted by atomic mass is 16.5. The highest BCUT2D eigenvalue weighted by Crippen LogP contribution is 2.22. The van der Waals surface area contributed by atoms with E-state index < -0.39 is 11.6 Å². The minimum atomic E-state index is -0.969. The number of carboxylic acids is 1. The van der Waals surface area contributed by atoms with Crippen LogP contribution in [-0.4, -0.2) is 52.9 Å². The van der Waals surface area contributed by atoms with Crippen molar-refractivity contribution in [1.82, 2.24) is 4.90 Å². The van der Waals surface area contributed by atoms with Gasteiger partial charge in [-0.25, -0.2) is 0 Å². The van der Waals surface area contributed by atoms with Crippen LogP contribution in [0.25, 0.3) is 0 Å². The van der Waals surface area contributed by atoms with Gasteiger partial charge in [0, 0.05) is 6.54 Å². The molecule has 5 nitrogen and oxygen atoms in total. The van der Waals surface area contributed by atoms with E-state index in [1.807, 2.05) is 30.3 Å². The van der Waals surface area contributed by atoms with Gasteiger partial charge < -0.3 is 14.9 Å². The van der Waals surface area contributed by atoms with Gasteiger partial charge >= 0.3 is 5.97 Å². The second-order valence-corrected chi connectivity index (χ2v) is 5.03. The number of nitrogens with zero attached hydrogens (tertiary/aromatic N) is 1. The molecule has 19 heavy (non-hydrogen) atoms. The molecule has 1 atom stereocenters. The number of likely N-dealkylation sites (tertiary alicyclic amines) is 1. The predicted molar refractivity (Wildman–Crippen MR) is 70.2 cm³/mol. The Morgan fingerprint density at radius 3 is 2.79 bits per heavy atom. The van der Waals surface area contributed by atoms with E-state index in [0.717, 1.165) is 6.42 Å². The van der Waals surface area contributed by atoms with Gasteiger partial charge in [-0.3, -0.25) is 9.69 Å². The van der Waals surface area contributed by atoms with Crippen molar-refractivity contribution in [1.29, 1.82) is 0 Å². The fraction of sp³-hybridized carbons (Fsp3) is 0.500. The largest absolute Gasteiger partial charge is 0.491 e.